The van der Waals surface area contributed by atoms with Crippen LogP contribution in [0, 0.1) is 13.8 Å². The molecule has 0 fully saturated rings. The minimum absolute atomic E-state index is 0.322. The molecule has 2 aromatic rings. The molecule has 0 heterocycles. The number of aryl methyl sites for hydroxylation is 2. The highest BCUT2D eigenvalue weighted by Gasteiger charge is 2.23. The summed E-state index contributed by atoms with van der Waals surface area (Å²) in [6.45, 7) is 3.59. The molecule has 0 spiro atoms. The molecule has 0 aliphatic heterocycles. The summed E-state index contributed by atoms with van der Waals surface area (Å²) in [7, 11) is -2.21. The summed E-state index contributed by atoms with van der Waals surface area (Å²) in [5, 5.41) is 2.73. The van der Waals surface area contributed by atoms with Gasteiger partial charge in [0.15, 0.2) is 0 Å². The molecule has 1 amide bonds. The van der Waals surface area contributed by atoms with E-state index in [4.69, 9.17) is 4.74 Å². The third kappa shape index (κ3) is 4.73. The van der Waals surface area contributed by atoms with Crippen molar-refractivity contribution in [3.05, 3.63) is 53.6 Å². The zero-order valence-corrected chi connectivity index (χ0v) is 15.6. The van der Waals surface area contributed by atoms with Crippen LogP contribution in [0.1, 0.15) is 11.1 Å². The quantitative estimate of drug-likeness (QED) is 0.857. The van der Waals surface area contributed by atoms with Crippen LogP contribution in [0.2, 0.25) is 0 Å². The van der Waals surface area contributed by atoms with Gasteiger partial charge in [0.05, 0.1) is 19.1 Å². The van der Waals surface area contributed by atoms with Crippen molar-refractivity contribution in [3.8, 4) is 5.75 Å². The maximum atomic E-state index is 12.4. The number of amides is 1. The van der Waals surface area contributed by atoms with Gasteiger partial charge in [-0.1, -0.05) is 18.2 Å². The van der Waals surface area contributed by atoms with E-state index in [1.165, 1.54) is 7.11 Å². The minimum Gasteiger partial charge on any atom is -0.495 e. The summed E-state index contributed by atoms with van der Waals surface area (Å²) >= 11 is 0. The van der Waals surface area contributed by atoms with Gasteiger partial charge in [-0.15, -0.1) is 0 Å². The molecule has 0 aliphatic carbocycles. The Morgan fingerprint density at radius 1 is 1.12 bits per heavy atom. The summed E-state index contributed by atoms with van der Waals surface area (Å²) in [5.41, 5.74) is 3.11. The lowest BCUT2D eigenvalue weighted by molar-refractivity contribution is -0.114. The van der Waals surface area contributed by atoms with E-state index in [-0.39, 0.29) is 6.54 Å². The average Bonchev–Trinajstić information content (AvgIpc) is 2.55. The molecule has 0 bridgehead atoms. The molecule has 2 rings (SSSR count). The predicted molar refractivity (Wildman–Crippen MR) is 99.7 cm³/mol. The molecule has 0 radical (unpaired) electrons. The zero-order valence-electron chi connectivity index (χ0n) is 14.7. The SMILES string of the molecule is COc1ccccc1N(CC(=O)Nc1ccc(C)c(C)c1)S(C)(=O)=O. The Bertz CT molecular complexity index is 878. The van der Waals surface area contributed by atoms with Gasteiger partial charge in [-0.05, 0) is 49.2 Å². The van der Waals surface area contributed by atoms with Crippen LogP contribution in [0.5, 0.6) is 5.75 Å². The first-order chi connectivity index (χ1) is 11.7. The van der Waals surface area contributed by atoms with E-state index >= 15 is 0 Å². The second-order valence-electron chi connectivity index (χ2n) is 5.79. The van der Waals surface area contributed by atoms with E-state index in [1.54, 1.807) is 30.3 Å². The fourth-order valence-electron chi connectivity index (χ4n) is 2.37. The van der Waals surface area contributed by atoms with Gasteiger partial charge in [-0.2, -0.15) is 0 Å². The highest BCUT2D eigenvalue weighted by molar-refractivity contribution is 7.92. The number of anilines is 2. The molecule has 2 aromatic carbocycles. The fourth-order valence-corrected chi connectivity index (χ4v) is 3.23. The van der Waals surface area contributed by atoms with Gasteiger partial charge in [-0.25, -0.2) is 8.42 Å². The van der Waals surface area contributed by atoms with E-state index in [0.29, 0.717) is 17.1 Å². The number of hydrogen-bond acceptors (Lipinski definition) is 4. The second kappa shape index (κ2) is 7.57. The molecule has 25 heavy (non-hydrogen) atoms. The summed E-state index contributed by atoms with van der Waals surface area (Å²) in [6.07, 6.45) is 1.06. The molecule has 7 heteroatoms. The van der Waals surface area contributed by atoms with E-state index < -0.39 is 15.9 Å². The number of rotatable bonds is 6. The number of methoxy groups -OCH3 is 1. The molecular weight excluding hydrogens is 340 g/mol. The van der Waals surface area contributed by atoms with Crippen LogP contribution in [0.3, 0.4) is 0 Å². The highest BCUT2D eigenvalue weighted by atomic mass is 32.2. The van der Waals surface area contributed by atoms with Gasteiger partial charge in [0.1, 0.15) is 12.3 Å². The first kappa shape index (κ1) is 18.8. The first-order valence-electron chi connectivity index (χ1n) is 7.70. The number of sulfonamides is 1. The number of ether oxygens (including phenoxy) is 1. The molecule has 0 atom stereocenters. The number of para-hydroxylation sites is 2. The van der Waals surface area contributed by atoms with Crippen LogP contribution in [0.25, 0.3) is 0 Å². The summed E-state index contributed by atoms with van der Waals surface area (Å²) in [5.74, 6) is -0.0495. The first-order valence-corrected chi connectivity index (χ1v) is 9.55. The lowest BCUT2D eigenvalue weighted by Crippen LogP contribution is -2.37. The average molecular weight is 362 g/mol. The maximum absolute atomic E-state index is 12.4. The van der Waals surface area contributed by atoms with E-state index in [1.807, 2.05) is 26.0 Å². The number of hydrogen-bond donors (Lipinski definition) is 1. The molecule has 0 saturated carbocycles. The largest absolute Gasteiger partial charge is 0.495 e. The van der Waals surface area contributed by atoms with Crippen molar-refractivity contribution in [2.45, 2.75) is 13.8 Å². The van der Waals surface area contributed by atoms with Crippen molar-refractivity contribution in [1.82, 2.24) is 0 Å². The Labute approximate surface area is 148 Å². The summed E-state index contributed by atoms with van der Waals surface area (Å²) < 4.78 is 30.6. The molecule has 0 unspecified atom stereocenters. The van der Waals surface area contributed by atoms with Crippen LogP contribution in [0.4, 0.5) is 11.4 Å². The Kier molecular flexibility index (Phi) is 5.69. The third-order valence-electron chi connectivity index (χ3n) is 3.83. The standard InChI is InChI=1S/C18H22N2O4S/c1-13-9-10-15(11-14(13)2)19-18(21)12-20(25(4,22)23)16-7-5-6-8-17(16)24-3/h5-11H,12H2,1-4H3,(H,19,21). The molecule has 0 aromatic heterocycles. The topological polar surface area (TPSA) is 75.7 Å². The number of nitrogens with zero attached hydrogens (tertiary/aromatic N) is 1. The molecule has 134 valence electrons. The van der Waals surface area contributed by atoms with Crippen LogP contribution in [-0.2, 0) is 14.8 Å². The van der Waals surface area contributed by atoms with Crippen molar-refractivity contribution in [2.75, 3.05) is 29.5 Å². The van der Waals surface area contributed by atoms with E-state index in [2.05, 4.69) is 5.32 Å². The van der Waals surface area contributed by atoms with E-state index in [9.17, 15) is 13.2 Å². The molecule has 0 aliphatic rings. The van der Waals surface area contributed by atoms with Gasteiger partial charge in [0.2, 0.25) is 15.9 Å². The lowest BCUT2D eigenvalue weighted by atomic mass is 10.1. The monoisotopic (exact) mass is 362 g/mol. The van der Waals surface area contributed by atoms with Crippen molar-refractivity contribution in [1.29, 1.82) is 0 Å². The Morgan fingerprint density at radius 3 is 2.40 bits per heavy atom. The summed E-state index contributed by atoms with van der Waals surface area (Å²) in [4.78, 5) is 12.4. The number of nitrogens with one attached hydrogen (secondary N) is 1. The van der Waals surface area contributed by atoms with Crippen LogP contribution < -0.4 is 14.4 Å². The van der Waals surface area contributed by atoms with Gasteiger partial charge in [0, 0.05) is 5.69 Å². The van der Waals surface area contributed by atoms with Gasteiger partial charge in [-0.3, -0.25) is 9.10 Å². The number of carbonyl (C=O) groups excluding carboxylic acids is 1. The fraction of sp³-hybridized carbons (Fsp3) is 0.278. The number of benzene rings is 2. The van der Waals surface area contributed by atoms with Gasteiger partial charge < -0.3 is 10.1 Å². The van der Waals surface area contributed by atoms with Crippen LogP contribution in [-0.4, -0.2) is 34.2 Å². The zero-order chi connectivity index (χ0) is 18.6. The second-order valence-corrected chi connectivity index (χ2v) is 7.70. The Hall–Kier alpha value is -2.54. The smallest absolute Gasteiger partial charge is 0.245 e. The molecule has 0 saturated heterocycles. The third-order valence-corrected chi connectivity index (χ3v) is 4.96. The van der Waals surface area contributed by atoms with Crippen molar-refractivity contribution in [3.63, 3.8) is 0 Å². The van der Waals surface area contributed by atoms with Crippen molar-refractivity contribution in [2.24, 2.45) is 0 Å². The maximum Gasteiger partial charge on any atom is 0.245 e. The lowest BCUT2D eigenvalue weighted by Gasteiger charge is -2.23. The van der Waals surface area contributed by atoms with Gasteiger partial charge in [0.25, 0.3) is 0 Å². The normalized spacial score (nSPS) is 11.0. The predicted octanol–water partition coefficient (Wildman–Crippen LogP) is 2.72. The summed E-state index contributed by atoms with van der Waals surface area (Å²) in [6, 6.07) is 12.2. The number of carbonyl (C=O) groups is 1. The van der Waals surface area contributed by atoms with Crippen LogP contribution in [0.15, 0.2) is 42.5 Å². The Balaban J connectivity index is 2.25. The van der Waals surface area contributed by atoms with Crippen LogP contribution >= 0.6 is 0 Å². The highest BCUT2D eigenvalue weighted by Crippen LogP contribution is 2.29. The van der Waals surface area contributed by atoms with Gasteiger partial charge >= 0.3 is 0 Å². The molecule has 6 nitrogen and oxygen atoms in total. The van der Waals surface area contributed by atoms with Crippen molar-refractivity contribution < 1.29 is 17.9 Å². The van der Waals surface area contributed by atoms with E-state index in [0.717, 1.165) is 21.7 Å². The minimum atomic E-state index is -3.66. The molecular formula is C18H22N2O4S. The van der Waals surface area contributed by atoms with Crippen molar-refractivity contribution >= 4 is 27.3 Å². The Morgan fingerprint density at radius 2 is 1.80 bits per heavy atom. The molecule has 1 N–H and O–H groups in total.